The summed E-state index contributed by atoms with van der Waals surface area (Å²) in [6, 6.07) is 6.54. The first-order valence-corrected chi connectivity index (χ1v) is 11.6. The van der Waals surface area contributed by atoms with E-state index >= 15 is 0 Å². The number of aryl methyl sites for hydroxylation is 1. The monoisotopic (exact) mass is 444 g/mol. The van der Waals surface area contributed by atoms with Gasteiger partial charge in [-0.1, -0.05) is 0 Å². The predicted octanol–water partition coefficient (Wildman–Crippen LogP) is 4.52. The van der Waals surface area contributed by atoms with Gasteiger partial charge in [-0.3, -0.25) is 0 Å². The number of hydrogen-bond acceptors (Lipinski definition) is 6. The molecule has 2 fully saturated rings. The Morgan fingerprint density at radius 1 is 1.12 bits per heavy atom. The van der Waals surface area contributed by atoms with Crippen LogP contribution in [0, 0.1) is 5.92 Å². The maximum Gasteiger partial charge on any atom is 0.164 e. The fourth-order valence-electron chi connectivity index (χ4n) is 5.64. The van der Waals surface area contributed by atoms with Crippen LogP contribution >= 0.6 is 0 Å². The molecule has 0 bridgehead atoms. The quantitative estimate of drug-likeness (QED) is 0.409. The van der Waals surface area contributed by atoms with Gasteiger partial charge in [0.25, 0.3) is 0 Å². The van der Waals surface area contributed by atoms with Crippen molar-refractivity contribution in [2.24, 2.45) is 10.9 Å². The Labute approximate surface area is 192 Å². The maximum atomic E-state index is 6.42. The molecule has 1 aliphatic carbocycles. The first-order valence-electron chi connectivity index (χ1n) is 11.6. The molecule has 4 aromatic heterocycles. The lowest BCUT2D eigenvalue weighted by atomic mass is 9.96. The molecule has 8 heteroatoms. The van der Waals surface area contributed by atoms with Crippen LogP contribution in [0.25, 0.3) is 16.7 Å². The summed E-state index contributed by atoms with van der Waals surface area (Å²) in [7, 11) is 0. The van der Waals surface area contributed by atoms with Gasteiger partial charge in [0.2, 0.25) is 0 Å². The average Bonchev–Trinajstić information content (AvgIpc) is 3.56. The van der Waals surface area contributed by atoms with Crippen molar-refractivity contribution < 1.29 is 9.47 Å². The summed E-state index contributed by atoms with van der Waals surface area (Å²) in [5.41, 5.74) is 3.19. The van der Waals surface area contributed by atoms with E-state index in [0.717, 1.165) is 42.4 Å². The number of rotatable bonds is 6. The van der Waals surface area contributed by atoms with Gasteiger partial charge in [0, 0.05) is 24.8 Å². The molecule has 4 atom stereocenters. The summed E-state index contributed by atoms with van der Waals surface area (Å²) in [6.45, 7) is 7.66. The zero-order chi connectivity index (χ0) is 22.6. The fourth-order valence-corrected chi connectivity index (χ4v) is 5.64. The Hall–Kier alpha value is -3.10. The molecule has 1 aliphatic heterocycles. The Kier molecular flexibility index (Phi) is 4.81. The van der Waals surface area contributed by atoms with Crippen molar-refractivity contribution in [1.29, 1.82) is 0 Å². The van der Waals surface area contributed by atoms with E-state index in [1.165, 1.54) is 5.56 Å². The van der Waals surface area contributed by atoms with Gasteiger partial charge in [0.15, 0.2) is 11.6 Å². The second-order valence-corrected chi connectivity index (χ2v) is 9.56. The number of imidazole rings is 1. The van der Waals surface area contributed by atoms with Gasteiger partial charge in [0.1, 0.15) is 23.7 Å². The third kappa shape index (κ3) is 3.54. The Bertz CT molecular complexity index is 1320. The Balaban J connectivity index is 1.22. The molecule has 170 valence electrons. The molecule has 1 saturated heterocycles. The van der Waals surface area contributed by atoms with Crippen LogP contribution in [0.15, 0.2) is 54.3 Å². The molecule has 0 N–H and O–H groups in total. The number of hydrogen-bond donors (Lipinski definition) is 0. The van der Waals surface area contributed by atoms with Crippen molar-refractivity contribution in [2.45, 2.75) is 63.6 Å². The highest BCUT2D eigenvalue weighted by Crippen LogP contribution is 2.49. The SMILES string of the molecule is C=Nc1ncnc2c1ccn2[C@@H]1C[C@H](CCCc2ccn3ccnc3c2)[C@H]2OC(C)(C)O[C@H]21. The second-order valence-electron chi connectivity index (χ2n) is 9.56. The Morgan fingerprint density at radius 3 is 2.88 bits per heavy atom. The topological polar surface area (TPSA) is 78.8 Å². The van der Waals surface area contributed by atoms with Crippen molar-refractivity contribution in [3.05, 3.63) is 54.9 Å². The van der Waals surface area contributed by atoms with E-state index in [4.69, 9.17) is 9.47 Å². The number of nitrogens with zero attached hydrogens (tertiary/aromatic N) is 6. The number of aliphatic imine (C=N–C) groups is 1. The summed E-state index contributed by atoms with van der Waals surface area (Å²) in [4.78, 5) is 17.2. The summed E-state index contributed by atoms with van der Waals surface area (Å²) in [6.07, 6.45) is 13.8. The molecule has 0 amide bonds. The first-order chi connectivity index (χ1) is 16.0. The standard InChI is InChI=1S/C25H28N6O2/c1-25(2)32-21-17(6-4-5-16-7-10-30-12-9-27-20(30)13-16)14-19(22(21)33-25)31-11-8-18-23(26-3)28-15-29-24(18)31/h7-13,15,17,19,21-22H,3-6,14H2,1-2H3/t17-,19+,21+,22-/m0/s1. The molecule has 33 heavy (non-hydrogen) atoms. The Morgan fingerprint density at radius 2 is 2.00 bits per heavy atom. The van der Waals surface area contributed by atoms with E-state index < -0.39 is 5.79 Å². The van der Waals surface area contributed by atoms with Crippen LogP contribution in [-0.2, 0) is 15.9 Å². The van der Waals surface area contributed by atoms with Crippen molar-refractivity contribution in [1.82, 2.24) is 23.9 Å². The molecule has 2 aliphatic rings. The van der Waals surface area contributed by atoms with Crippen molar-refractivity contribution >= 4 is 29.2 Å². The molecular weight excluding hydrogens is 416 g/mol. The van der Waals surface area contributed by atoms with E-state index in [-0.39, 0.29) is 18.2 Å². The van der Waals surface area contributed by atoms with Gasteiger partial charge >= 0.3 is 0 Å². The molecule has 8 nitrogen and oxygen atoms in total. The molecule has 4 aromatic rings. The van der Waals surface area contributed by atoms with E-state index in [9.17, 15) is 0 Å². The number of aromatic nitrogens is 5. The maximum absolute atomic E-state index is 6.42. The first kappa shape index (κ1) is 20.5. The minimum absolute atomic E-state index is 0.00280. The highest BCUT2D eigenvalue weighted by molar-refractivity contribution is 5.86. The van der Waals surface area contributed by atoms with Gasteiger partial charge in [0.05, 0.1) is 17.5 Å². The average molecular weight is 445 g/mol. The van der Waals surface area contributed by atoms with Gasteiger partial charge in [-0.05, 0) is 75.9 Å². The summed E-state index contributed by atoms with van der Waals surface area (Å²) in [5.74, 6) is 0.459. The molecule has 5 heterocycles. The summed E-state index contributed by atoms with van der Waals surface area (Å²) < 4.78 is 17.1. The lowest BCUT2D eigenvalue weighted by molar-refractivity contribution is -0.160. The van der Waals surface area contributed by atoms with Gasteiger partial charge < -0.3 is 18.4 Å². The minimum Gasteiger partial charge on any atom is -0.344 e. The van der Waals surface area contributed by atoms with Gasteiger partial charge in [-0.25, -0.2) is 19.9 Å². The van der Waals surface area contributed by atoms with E-state index in [1.54, 1.807) is 6.33 Å². The van der Waals surface area contributed by atoms with Gasteiger partial charge in [-0.2, -0.15) is 0 Å². The third-order valence-electron chi connectivity index (χ3n) is 7.05. The summed E-state index contributed by atoms with van der Waals surface area (Å²) >= 11 is 0. The highest BCUT2D eigenvalue weighted by atomic mass is 16.8. The molecule has 0 unspecified atom stereocenters. The molecule has 0 radical (unpaired) electrons. The van der Waals surface area contributed by atoms with Crippen LogP contribution in [0.5, 0.6) is 0 Å². The summed E-state index contributed by atoms with van der Waals surface area (Å²) in [5, 5.41) is 0.917. The highest BCUT2D eigenvalue weighted by Gasteiger charge is 2.54. The van der Waals surface area contributed by atoms with Crippen molar-refractivity contribution in [3.63, 3.8) is 0 Å². The van der Waals surface area contributed by atoms with Crippen LogP contribution in [0.2, 0.25) is 0 Å². The smallest absolute Gasteiger partial charge is 0.164 e. The predicted molar refractivity (Wildman–Crippen MR) is 126 cm³/mol. The molecule has 6 rings (SSSR count). The number of pyridine rings is 1. The lowest BCUT2D eigenvalue weighted by Gasteiger charge is -2.24. The minimum atomic E-state index is -0.580. The van der Waals surface area contributed by atoms with Crippen LogP contribution < -0.4 is 0 Å². The van der Waals surface area contributed by atoms with E-state index in [2.05, 4.69) is 55.8 Å². The molecule has 0 aromatic carbocycles. The second kappa shape index (κ2) is 7.74. The van der Waals surface area contributed by atoms with Crippen LogP contribution in [-0.4, -0.2) is 48.6 Å². The lowest BCUT2D eigenvalue weighted by Crippen LogP contribution is -2.27. The zero-order valence-corrected chi connectivity index (χ0v) is 19.0. The van der Waals surface area contributed by atoms with Crippen molar-refractivity contribution in [3.8, 4) is 0 Å². The van der Waals surface area contributed by atoms with Gasteiger partial charge in [-0.15, -0.1) is 0 Å². The van der Waals surface area contributed by atoms with E-state index in [0.29, 0.717) is 11.7 Å². The van der Waals surface area contributed by atoms with Crippen LogP contribution in [0.3, 0.4) is 0 Å². The molecule has 1 saturated carbocycles. The number of ether oxygens (including phenoxy) is 2. The zero-order valence-electron chi connectivity index (χ0n) is 19.0. The van der Waals surface area contributed by atoms with Crippen LogP contribution in [0.4, 0.5) is 5.82 Å². The molecular formula is C25H28N6O2. The normalized spacial score (nSPS) is 26.2. The van der Waals surface area contributed by atoms with Crippen LogP contribution in [0.1, 0.15) is 44.7 Å². The van der Waals surface area contributed by atoms with Crippen molar-refractivity contribution in [2.75, 3.05) is 0 Å². The molecule has 0 spiro atoms. The third-order valence-corrected chi connectivity index (χ3v) is 7.05. The number of fused-ring (bicyclic) bond motifs is 3. The van der Waals surface area contributed by atoms with E-state index in [1.807, 2.05) is 36.7 Å². The fraction of sp³-hybridized carbons (Fsp3) is 0.440. The largest absolute Gasteiger partial charge is 0.344 e.